The Morgan fingerprint density at radius 2 is 1.80 bits per heavy atom. The van der Waals surface area contributed by atoms with E-state index >= 15 is 0 Å². The van der Waals surface area contributed by atoms with Crippen LogP contribution < -0.4 is 10.1 Å². The summed E-state index contributed by atoms with van der Waals surface area (Å²) in [5.41, 5.74) is 2.30. The predicted octanol–water partition coefficient (Wildman–Crippen LogP) is 3.90. The second-order valence-corrected chi connectivity index (χ2v) is 4.74. The maximum absolute atomic E-state index is 6.05. The third kappa shape index (κ3) is 3.97. The minimum absolute atomic E-state index is 0.111. The third-order valence-corrected chi connectivity index (χ3v) is 3.02. The number of ether oxygens (including phenoxy) is 1. The van der Waals surface area contributed by atoms with Gasteiger partial charge in [0.15, 0.2) is 0 Å². The van der Waals surface area contributed by atoms with Crippen LogP contribution in [0, 0.1) is 0 Å². The Labute approximate surface area is 121 Å². The van der Waals surface area contributed by atoms with Crippen LogP contribution in [0.15, 0.2) is 67.3 Å². The Balaban J connectivity index is 2.10. The van der Waals surface area contributed by atoms with E-state index in [0.717, 1.165) is 24.4 Å². The first kappa shape index (κ1) is 14.4. The van der Waals surface area contributed by atoms with Gasteiger partial charge in [0.1, 0.15) is 11.9 Å². The molecule has 2 rings (SSSR count). The molecular formula is C18H21NO. The molecule has 0 spiro atoms. The summed E-state index contributed by atoms with van der Waals surface area (Å²) in [6.07, 6.45) is 1.96. The van der Waals surface area contributed by atoms with E-state index in [1.165, 1.54) is 5.56 Å². The summed E-state index contributed by atoms with van der Waals surface area (Å²) in [6.45, 7) is 7.36. The largest absolute Gasteiger partial charge is 0.489 e. The van der Waals surface area contributed by atoms with Crippen LogP contribution in [-0.4, -0.2) is 19.2 Å². The first-order valence-electron chi connectivity index (χ1n) is 6.94. The molecule has 0 saturated heterocycles. The van der Waals surface area contributed by atoms with Gasteiger partial charge in [0.05, 0.1) is 0 Å². The fraction of sp³-hybridized carbons (Fsp3) is 0.222. The molecule has 0 amide bonds. The molecule has 0 heterocycles. The highest BCUT2D eigenvalue weighted by atomic mass is 16.5. The summed E-state index contributed by atoms with van der Waals surface area (Å²) in [6, 6.07) is 18.5. The van der Waals surface area contributed by atoms with Crippen LogP contribution in [0.1, 0.15) is 6.92 Å². The third-order valence-electron chi connectivity index (χ3n) is 3.02. The topological polar surface area (TPSA) is 21.3 Å². The molecule has 0 aliphatic rings. The van der Waals surface area contributed by atoms with Gasteiger partial charge in [-0.3, -0.25) is 0 Å². The molecule has 0 radical (unpaired) electrons. The number of hydrogen-bond acceptors (Lipinski definition) is 2. The second-order valence-electron chi connectivity index (χ2n) is 4.74. The maximum atomic E-state index is 6.05. The number of benzene rings is 2. The van der Waals surface area contributed by atoms with Crippen molar-refractivity contribution >= 4 is 0 Å². The fourth-order valence-electron chi connectivity index (χ4n) is 2.07. The summed E-state index contributed by atoms with van der Waals surface area (Å²) < 4.78 is 6.05. The predicted molar refractivity (Wildman–Crippen MR) is 85.0 cm³/mol. The molecule has 0 aliphatic carbocycles. The molecule has 1 N–H and O–H groups in total. The van der Waals surface area contributed by atoms with Crippen LogP contribution in [0.25, 0.3) is 11.1 Å². The summed E-state index contributed by atoms with van der Waals surface area (Å²) >= 11 is 0. The van der Waals surface area contributed by atoms with Gasteiger partial charge < -0.3 is 10.1 Å². The van der Waals surface area contributed by atoms with Crippen LogP contribution >= 0.6 is 0 Å². The molecule has 104 valence electrons. The van der Waals surface area contributed by atoms with E-state index in [2.05, 4.69) is 37.0 Å². The van der Waals surface area contributed by atoms with E-state index in [-0.39, 0.29) is 6.10 Å². The zero-order valence-corrected chi connectivity index (χ0v) is 11.9. The standard InChI is InChI=1S/C18H21NO/c1-3-13-19-14-15(2)20-18-12-8-7-11-17(18)16-9-5-4-6-10-16/h3-12,15,19H,1,13-14H2,2H3. The monoisotopic (exact) mass is 267 g/mol. The Hall–Kier alpha value is -2.06. The molecule has 2 aromatic carbocycles. The summed E-state index contributed by atoms with van der Waals surface area (Å²) in [7, 11) is 0. The molecule has 0 fully saturated rings. The van der Waals surface area contributed by atoms with E-state index in [4.69, 9.17) is 4.74 Å². The minimum atomic E-state index is 0.111. The van der Waals surface area contributed by atoms with Crippen LogP contribution in [0.5, 0.6) is 5.75 Å². The van der Waals surface area contributed by atoms with Crippen molar-refractivity contribution in [3.63, 3.8) is 0 Å². The molecule has 0 saturated carbocycles. The van der Waals surface area contributed by atoms with Crippen molar-refractivity contribution in [2.75, 3.05) is 13.1 Å². The molecule has 2 aromatic rings. The van der Waals surface area contributed by atoms with Crippen molar-refractivity contribution in [2.24, 2.45) is 0 Å². The number of hydrogen-bond donors (Lipinski definition) is 1. The van der Waals surface area contributed by atoms with E-state index in [1.807, 2.05) is 42.5 Å². The lowest BCUT2D eigenvalue weighted by molar-refractivity contribution is 0.220. The van der Waals surface area contributed by atoms with Gasteiger partial charge in [-0.25, -0.2) is 0 Å². The number of para-hydroxylation sites is 1. The van der Waals surface area contributed by atoms with Crippen molar-refractivity contribution in [3.8, 4) is 16.9 Å². The second kappa shape index (κ2) is 7.51. The van der Waals surface area contributed by atoms with E-state index in [9.17, 15) is 0 Å². The van der Waals surface area contributed by atoms with Gasteiger partial charge in [0.2, 0.25) is 0 Å². The van der Waals surface area contributed by atoms with Gasteiger partial charge in [-0.1, -0.05) is 54.6 Å². The molecule has 0 aromatic heterocycles. The highest BCUT2D eigenvalue weighted by molar-refractivity contribution is 5.70. The maximum Gasteiger partial charge on any atom is 0.127 e. The quantitative estimate of drug-likeness (QED) is 0.607. The lowest BCUT2D eigenvalue weighted by Crippen LogP contribution is -2.29. The van der Waals surface area contributed by atoms with Crippen LogP contribution in [0.4, 0.5) is 0 Å². The average Bonchev–Trinajstić information content (AvgIpc) is 2.49. The molecule has 2 nitrogen and oxygen atoms in total. The smallest absolute Gasteiger partial charge is 0.127 e. The van der Waals surface area contributed by atoms with Crippen LogP contribution in [0.2, 0.25) is 0 Å². The van der Waals surface area contributed by atoms with E-state index in [0.29, 0.717) is 0 Å². The van der Waals surface area contributed by atoms with Gasteiger partial charge in [0.25, 0.3) is 0 Å². The Morgan fingerprint density at radius 1 is 1.10 bits per heavy atom. The zero-order chi connectivity index (χ0) is 14.2. The van der Waals surface area contributed by atoms with Crippen molar-refractivity contribution in [2.45, 2.75) is 13.0 Å². The first-order chi connectivity index (χ1) is 9.81. The Morgan fingerprint density at radius 3 is 2.55 bits per heavy atom. The van der Waals surface area contributed by atoms with E-state index in [1.54, 1.807) is 0 Å². The number of rotatable bonds is 7. The fourth-order valence-corrected chi connectivity index (χ4v) is 2.07. The molecule has 20 heavy (non-hydrogen) atoms. The lowest BCUT2D eigenvalue weighted by atomic mass is 10.0. The Bertz CT molecular complexity index is 536. The number of nitrogens with one attached hydrogen (secondary N) is 1. The van der Waals surface area contributed by atoms with Gasteiger partial charge in [0, 0.05) is 18.7 Å². The van der Waals surface area contributed by atoms with Gasteiger partial charge >= 0.3 is 0 Å². The summed E-state index contributed by atoms with van der Waals surface area (Å²) in [4.78, 5) is 0. The first-order valence-corrected chi connectivity index (χ1v) is 6.94. The summed E-state index contributed by atoms with van der Waals surface area (Å²) in [5.74, 6) is 0.923. The van der Waals surface area contributed by atoms with Gasteiger partial charge in [-0.05, 0) is 18.6 Å². The molecule has 1 unspecified atom stereocenters. The summed E-state index contributed by atoms with van der Waals surface area (Å²) in [5, 5.41) is 3.27. The molecular weight excluding hydrogens is 246 g/mol. The zero-order valence-electron chi connectivity index (χ0n) is 11.9. The normalized spacial score (nSPS) is 11.8. The molecule has 0 bridgehead atoms. The SMILES string of the molecule is C=CCNCC(C)Oc1ccccc1-c1ccccc1. The van der Waals surface area contributed by atoms with Gasteiger partial charge in [-0.15, -0.1) is 6.58 Å². The highest BCUT2D eigenvalue weighted by Gasteiger charge is 2.08. The highest BCUT2D eigenvalue weighted by Crippen LogP contribution is 2.30. The van der Waals surface area contributed by atoms with Gasteiger partial charge in [-0.2, -0.15) is 0 Å². The van der Waals surface area contributed by atoms with Crippen molar-refractivity contribution in [1.29, 1.82) is 0 Å². The van der Waals surface area contributed by atoms with Crippen LogP contribution in [0.3, 0.4) is 0 Å². The minimum Gasteiger partial charge on any atom is -0.489 e. The average molecular weight is 267 g/mol. The molecule has 1 atom stereocenters. The molecule has 0 aliphatic heterocycles. The molecule has 2 heteroatoms. The van der Waals surface area contributed by atoms with Crippen LogP contribution in [-0.2, 0) is 0 Å². The van der Waals surface area contributed by atoms with Crippen molar-refractivity contribution in [1.82, 2.24) is 5.32 Å². The van der Waals surface area contributed by atoms with E-state index < -0.39 is 0 Å². The van der Waals surface area contributed by atoms with Crippen molar-refractivity contribution in [3.05, 3.63) is 67.3 Å². The Kier molecular flexibility index (Phi) is 5.39. The lowest BCUT2D eigenvalue weighted by Gasteiger charge is -2.18. The van der Waals surface area contributed by atoms with Crippen molar-refractivity contribution < 1.29 is 4.74 Å².